The lowest BCUT2D eigenvalue weighted by Gasteiger charge is -2.24. The van der Waals surface area contributed by atoms with E-state index in [0.29, 0.717) is 30.6 Å². The fourth-order valence-corrected chi connectivity index (χ4v) is 3.16. The lowest BCUT2D eigenvalue weighted by molar-refractivity contribution is 0.0668. The Labute approximate surface area is 166 Å². The molecular weight excluding hydrogens is 362 g/mol. The highest BCUT2D eigenvalue weighted by molar-refractivity contribution is 7.09. The zero-order valence-electron chi connectivity index (χ0n) is 16.9. The molecule has 150 valence electrons. The van der Waals surface area contributed by atoms with Crippen LogP contribution >= 0.6 is 11.3 Å². The Morgan fingerprint density at radius 3 is 2.67 bits per heavy atom. The summed E-state index contributed by atoms with van der Waals surface area (Å²) in [5.41, 5.74) is 2.14. The minimum absolute atomic E-state index is 0.225. The first-order valence-electron chi connectivity index (χ1n) is 9.18. The number of nitrogens with one attached hydrogen (secondary N) is 1. The lowest BCUT2D eigenvalue weighted by atomic mass is 10.2. The summed E-state index contributed by atoms with van der Waals surface area (Å²) in [4.78, 5) is 6.54. The number of hydrogen-bond acceptors (Lipinski definition) is 7. The number of rotatable bonds is 11. The van der Waals surface area contributed by atoms with E-state index in [0.717, 1.165) is 22.8 Å². The molecule has 1 aromatic heterocycles. The van der Waals surface area contributed by atoms with E-state index in [-0.39, 0.29) is 6.61 Å². The normalized spacial score (nSPS) is 12.6. The third-order valence-electron chi connectivity index (χ3n) is 4.34. The molecule has 0 bridgehead atoms. The zero-order chi connectivity index (χ0) is 19.8. The van der Waals surface area contributed by atoms with Crippen LogP contribution in [0, 0.1) is 6.92 Å². The maximum Gasteiger partial charge on any atom is 0.161 e. The molecule has 0 saturated heterocycles. The number of aliphatic hydroxyl groups is 1. The molecule has 1 atom stereocenters. The number of nitrogens with zero attached hydrogens (tertiary/aromatic N) is 2. The second kappa shape index (κ2) is 10.6. The number of aromatic nitrogens is 1. The average Bonchev–Trinajstić information content (AvgIpc) is 3.05. The van der Waals surface area contributed by atoms with Crippen LogP contribution in [0.25, 0.3) is 0 Å². The number of aliphatic hydroxyl groups excluding tert-OH is 1. The Bertz CT molecular complexity index is 706. The predicted molar refractivity (Wildman–Crippen MR) is 110 cm³/mol. The minimum Gasteiger partial charge on any atom is -0.493 e. The fraction of sp³-hybridized carbons (Fsp3) is 0.550. The van der Waals surface area contributed by atoms with Gasteiger partial charge in [-0.05, 0) is 45.5 Å². The molecule has 0 aliphatic heterocycles. The number of aryl methyl sites for hydroxylation is 1. The van der Waals surface area contributed by atoms with Crippen LogP contribution in [0.4, 0.5) is 0 Å². The van der Waals surface area contributed by atoms with Gasteiger partial charge in [0.25, 0.3) is 0 Å². The van der Waals surface area contributed by atoms with Gasteiger partial charge in [-0.25, -0.2) is 4.98 Å². The molecule has 2 aromatic rings. The molecule has 0 amide bonds. The van der Waals surface area contributed by atoms with E-state index in [9.17, 15) is 5.11 Å². The van der Waals surface area contributed by atoms with Gasteiger partial charge in [0.15, 0.2) is 11.5 Å². The van der Waals surface area contributed by atoms with Gasteiger partial charge in [0.2, 0.25) is 0 Å². The van der Waals surface area contributed by atoms with Crippen molar-refractivity contribution in [3.63, 3.8) is 0 Å². The van der Waals surface area contributed by atoms with Crippen LogP contribution in [0.2, 0.25) is 0 Å². The van der Waals surface area contributed by atoms with Crippen molar-refractivity contribution in [1.82, 2.24) is 15.2 Å². The van der Waals surface area contributed by atoms with E-state index < -0.39 is 6.10 Å². The highest BCUT2D eigenvalue weighted by atomic mass is 32.1. The van der Waals surface area contributed by atoms with E-state index >= 15 is 0 Å². The summed E-state index contributed by atoms with van der Waals surface area (Å²) in [5, 5.41) is 16.7. The number of benzene rings is 1. The van der Waals surface area contributed by atoms with Gasteiger partial charge in [-0.15, -0.1) is 11.3 Å². The highest BCUT2D eigenvalue weighted by Crippen LogP contribution is 2.28. The molecule has 1 heterocycles. The van der Waals surface area contributed by atoms with E-state index in [4.69, 9.17) is 9.47 Å². The van der Waals surface area contributed by atoms with Gasteiger partial charge in [0, 0.05) is 31.1 Å². The standard InChI is InChI=1S/C20H31N3O3S/c1-14(2)23(4)11-18(24)12-26-20-8-16(6-7-19(20)25-5)9-21-10-17-13-27-15(3)22-17/h6-8,13-14,18,21,24H,9-12H2,1-5H3. The number of likely N-dealkylation sites (N-methyl/N-ethyl adjacent to an activating group) is 1. The summed E-state index contributed by atoms with van der Waals surface area (Å²) in [7, 11) is 3.61. The van der Waals surface area contributed by atoms with Crippen molar-refractivity contribution < 1.29 is 14.6 Å². The monoisotopic (exact) mass is 393 g/mol. The first-order chi connectivity index (χ1) is 12.9. The van der Waals surface area contributed by atoms with Gasteiger partial charge >= 0.3 is 0 Å². The molecule has 1 aromatic carbocycles. The Morgan fingerprint density at radius 1 is 1.26 bits per heavy atom. The molecule has 0 aliphatic rings. The third kappa shape index (κ3) is 7.10. The average molecular weight is 394 g/mol. The lowest BCUT2D eigenvalue weighted by Crippen LogP contribution is -2.37. The van der Waals surface area contributed by atoms with Gasteiger partial charge < -0.3 is 24.8 Å². The van der Waals surface area contributed by atoms with Crippen LogP contribution in [0.3, 0.4) is 0 Å². The topological polar surface area (TPSA) is 66.8 Å². The third-order valence-corrected chi connectivity index (χ3v) is 5.16. The van der Waals surface area contributed by atoms with Crippen LogP contribution in [0.15, 0.2) is 23.6 Å². The molecule has 1 unspecified atom stereocenters. The first kappa shape index (κ1) is 21.6. The maximum absolute atomic E-state index is 10.2. The second-order valence-corrected chi connectivity index (χ2v) is 8.01. The Kier molecular flexibility index (Phi) is 8.50. The van der Waals surface area contributed by atoms with E-state index in [1.807, 2.05) is 32.2 Å². The van der Waals surface area contributed by atoms with Gasteiger partial charge in [0.1, 0.15) is 12.7 Å². The molecule has 0 aliphatic carbocycles. The van der Waals surface area contributed by atoms with E-state index in [2.05, 4.69) is 34.4 Å². The number of hydrogen-bond donors (Lipinski definition) is 2. The second-order valence-electron chi connectivity index (χ2n) is 6.94. The SMILES string of the molecule is COc1ccc(CNCc2csc(C)n2)cc1OCC(O)CN(C)C(C)C. The molecule has 0 saturated carbocycles. The van der Waals surface area contributed by atoms with Gasteiger partial charge in [-0.3, -0.25) is 0 Å². The van der Waals surface area contributed by atoms with E-state index in [1.54, 1.807) is 18.4 Å². The Balaban J connectivity index is 1.89. The maximum atomic E-state index is 10.2. The van der Waals surface area contributed by atoms with Crippen molar-refractivity contribution in [3.8, 4) is 11.5 Å². The number of thiazole rings is 1. The molecule has 2 N–H and O–H groups in total. The van der Waals surface area contributed by atoms with Crippen LogP contribution in [0.1, 0.15) is 30.1 Å². The molecule has 6 nitrogen and oxygen atoms in total. The van der Waals surface area contributed by atoms with Crippen molar-refractivity contribution in [1.29, 1.82) is 0 Å². The van der Waals surface area contributed by atoms with Gasteiger partial charge in [-0.2, -0.15) is 0 Å². The molecule has 0 fully saturated rings. The summed E-state index contributed by atoms with van der Waals surface area (Å²) in [6.45, 7) is 8.42. The summed E-state index contributed by atoms with van der Waals surface area (Å²) in [6, 6.07) is 6.24. The van der Waals surface area contributed by atoms with E-state index in [1.165, 1.54) is 0 Å². The smallest absolute Gasteiger partial charge is 0.161 e. The zero-order valence-corrected chi connectivity index (χ0v) is 17.7. The molecule has 0 radical (unpaired) electrons. The van der Waals surface area contributed by atoms with Gasteiger partial charge in [0.05, 0.1) is 17.8 Å². The summed E-state index contributed by atoms with van der Waals surface area (Å²) in [6.07, 6.45) is -0.559. The quantitative estimate of drug-likeness (QED) is 0.612. The van der Waals surface area contributed by atoms with Crippen LogP contribution < -0.4 is 14.8 Å². The Morgan fingerprint density at radius 2 is 2.04 bits per heavy atom. The first-order valence-corrected chi connectivity index (χ1v) is 10.1. The van der Waals surface area contributed by atoms with Crippen LogP contribution in [-0.2, 0) is 13.1 Å². The summed E-state index contributed by atoms with van der Waals surface area (Å²) >= 11 is 1.66. The van der Waals surface area contributed by atoms with Crippen molar-refractivity contribution in [2.45, 2.75) is 46.0 Å². The summed E-state index contributed by atoms with van der Waals surface area (Å²) in [5.74, 6) is 1.31. The molecular formula is C20H31N3O3S. The summed E-state index contributed by atoms with van der Waals surface area (Å²) < 4.78 is 11.2. The minimum atomic E-state index is -0.559. The van der Waals surface area contributed by atoms with Crippen LogP contribution in [-0.4, -0.2) is 54.4 Å². The number of ether oxygens (including phenoxy) is 2. The Hall–Kier alpha value is -1.67. The highest BCUT2D eigenvalue weighted by Gasteiger charge is 2.13. The predicted octanol–water partition coefficient (Wildman–Crippen LogP) is 2.83. The molecule has 2 rings (SSSR count). The van der Waals surface area contributed by atoms with Crippen molar-refractivity contribution in [2.24, 2.45) is 0 Å². The molecule has 27 heavy (non-hydrogen) atoms. The van der Waals surface area contributed by atoms with Gasteiger partial charge in [-0.1, -0.05) is 6.07 Å². The molecule has 7 heteroatoms. The van der Waals surface area contributed by atoms with Crippen molar-refractivity contribution >= 4 is 11.3 Å². The molecule has 0 spiro atoms. The fourth-order valence-electron chi connectivity index (χ4n) is 2.55. The number of methoxy groups -OCH3 is 1. The largest absolute Gasteiger partial charge is 0.493 e. The van der Waals surface area contributed by atoms with Crippen molar-refractivity contribution in [3.05, 3.63) is 39.8 Å². The van der Waals surface area contributed by atoms with Crippen molar-refractivity contribution in [2.75, 3.05) is 27.3 Å². The van der Waals surface area contributed by atoms with Crippen LogP contribution in [0.5, 0.6) is 11.5 Å².